The van der Waals surface area contributed by atoms with Crippen LogP contribution in [0.1, 0.15) is 72.6 Å². The van der Waals surface area contributed by atoms with Crippen LogP contribution in [0.25, 0.3) is 0 Å². The molecule has 4 aliphatic carbocycles. The minimum atomic E-state index is -4.84. The van der Waals surface area contributed by atoms with Crippen molar-refractivity contribution in [2.45, 2.75) is 103 Å². The molecule has 5 fully saturated rings. The van der Waals surface area contributed by atoms with E-state index in [1.54, 1.807) is 0 Å². The van der Waals surface area contributed by atoms with Crippen LogP contribution in [0.2, 0.25) is 0 Å². The van der Waals surface area contributed by atoms with Gasteiger partial charge in [0.05, 0.1) is 23.7 Å². The number of ketones is 1. The molecule has 218 valence electrons. The molecular formula is C28H40O10S. The number of aliphatic hydroxyl groups is 2. The van der Waals surface area contributed by atoms with E-state index in [0.717, 1.165) is 31.3 Å². The molecule has 5 unspecified atom stereocenters. The number of hydrogen-bond donors (Lipinski definition) is 3. The van der Waals surface area contributed by atoms with Crippen LogP contribution >= 0.6 is 0 Å². The highest BCUT2D eigenvalue weighted by molar-refractivity contribution is 7.80. The maximum Gasteiger partial charge on any atom is 0.397 e. The van der Waals surface area contributed by atoms with Gasteiger partial charge in [-0.2, -0.15) is 8.42 Å². The number of epoxide rings is 1. The molecular weight excluding hydrogens is 528 g/mol. The van der Waals surface area contributed by atoms with E-state index >= 15 is 0 Å². The lowest BCUT2D eigenvalue weighted by molar-refractivity contribution is -0.178. The summed E-state index contributed by atoms with van der Waals surface area (Å²) in [6.07, 6.45) is 1.40. The largest absolute Gasteiger partial charge is 0.458 e. The first-order chi connectivity index (χ1) is 18.2. The Morgan fingerprint density at radius 3 is 2.49 bits per heavy atom. The molecule has 3 N–H and O–H groups in total. The molecule has 2 heterocycles. The molecule has 0 radical (unpaired) electrons. The SMILES string of the molecule is CC1=C(CO)C(=O)OC([C@@H](C)C2CCC3C4C[C@H]5O[C@]56[C@@H](O)[C@@H](OS(=O)(=O)O)CC(=O)[C@]6(C)C4CC[C@@]32C)C1. The number of fused-ring (bicyclic) bond motifs is 4. The summed E-state index contributed by atoms with van der Waals surface area (Å²) in [5.74, 6) is 0.437. The zero-order chi connectivity index (χ0) is 28.3. The van der Waals surface area contributed by atoms with E-state index < -0.39 is 39.6 Å². The molecule has 10 nitrogen and oxygen atoms in total. The molecule has 0 aromatic heterocycles. The Bertz CT molecular complexity index is 1230. The van der Waals surface area contributed by atoms with E-state index in [9.17, 15) is 32.8 Å². The number of aliphatic hydroxyl groups excluding tert-OH is 2. The van der Waals surface area contributed by atoms with Gasteiger partial charge in [-0.3, -0.25) is 9.35 Å². The minimum absolute atomic E-state index is 0.0000588. The van der Waals surface area contributed by atoms with E-state index in [1.165, 1.54) is 0 Å². The van der Waals surface area contributed by atoms with E-state index in [-0.39, 0.29) is 54.2 Å². The predicted molar refractivity (Wildman–Crippen MR) is 136 cm³/mol. The van der Waals surface area contributed by atoms with Gasteiger partial charge < -0.3 is 19.7 Å². The predicted octanol–water partition coefficient (Wildman–Crippen LogP) is 2.37. The Balaban J connectivity index is 1.25. The average molecular weight is 569 g/mol. The summed E-state index contributed by atoms with van der Waals surface area (Å²) in [5.41, 5.74) is -0.905. The van der Waals surface area contributed by atoms with Crippen molar-refractivity contribution < 1.29 is 46.4 Å². The van der Waals surface area contributed by atoms with E-state index in [0.29, 0.717) is 30.3 Å². The molecule has 6 aliphatic rings. The summed E-state index contributed by atoms with van der Waals surface area (Å²) in [4.78, 5) is 26.2. The number of cyclic esters (lactones) is 1. The number of Topliss-reactive ketones (excluding diaryl/α,β-unsaturated/α-hetero) is 1. The summed E-state index contributed by atoms with van der Waals surface area (Å²) < 4.78 is 48.7. The van der Waals surface area contributed by atoms with E-state index in [1.807, 2.05) is 13.8 Å². The van der Waals surface area contributed by atoms with Gasteiger partial charge in [0.25, 0.3) is 0 Å². The number of esters is 1. The third-order valence-corrected chi connectivity index (χ3v) is 12.7. The highest BCUT2D eigenvalue weighted by Crippen LogP contribution is 2.73. The summed E-state index contributed by atoms with van der Waals surface area (Å²) in [6, 6.07) is 0. The second-order valence-corrected chi connectivity index (χ2v) is 14.5. The van der Waals surface area contributed by atoms with Crippen molar-refractivity contribution >= 4 is 22.2 Å². The first kappa shape index (κ1) is 27.8. The topological polar surface area (TPSA) is 160 Å². The van der Waals surface area contributed by atoms with Gasteiger partial charge in [0.15, 0.2) is 0 Å². The van der Waals surface area contributed by atoms with Gasteiger partial charge in [-0.05, 0) is 81.0 Å². The number of carbonyl (C=O) groups excluding carboxylic acids is 2. The van der Waals surface area contributed by atoms with Crippen LogP contribution in [0.5, 0.6) is 0 Å². The number of carbonyl (C=O) groups is 2. The van der Waals surface area contributed by atoms with Crippen molar-refractivity contribution in [3.63, 3.8) is 0 Å². The maximum atomic E-state index is 13.7. The lowest BCUT2D eigenvalue weighted by atomic mass is 9.43. The van der Waals surface area contributed by atoms with Crippen LogP contribution in [0.4, 0.5) is 0 Å². The van der Waals surface area contributed by atoms with Gasteiger partial charge >= 0.3 is 16.4 Å². The molecule has 11 heteroatoms. The normalized spacial score (nSPS) is 49.9. The highest BCUT2D eigenvalue weighted by atomic mass is 32.3. The summed E-state index contributed by atoms with van der Waals surface area (Å²) >= 11 is 0. The molecule has 1 saturated heterocycles. The first-order valence-electron chi connectivity index (χ1n) is 14.2. The molecule has 0 aromatic carbocycles. The second kappa shape index (κ2) is 8.82. The number of ether oxygens (including phenoxy) is 2. The fourth-order valence-corrected chi connectivity index (χ4v) is 10.8. The molecule has 2 aliphatic heterocycles. The van der Waals surface area contributed by atoms with Gasteiger partial charge in [-0.15, -0.1) is 0 Å². The van der Waals surface area contributed by atoms with Gasteiger partial charge in [-0.25, -0.2) is 8.98 Å². The Morgan fingerprint density at radius 1 is 1.13 bits per heavy atom. The molecule has 12 atom stereocenters. The van der Waals surface area contributed by atoms with E-state index in [2.05, 4.69) is 13.8 Å². The maximum absolute atomic E-state index is 13.7. The Hall–Kier alpha value is -1.37. The van der Waals surface area contributed by atoms with Crippen LogP contribution in [0, 0.1) is 40.4 Å². The van der Waals surface area contributed by atoms with E-state index in [4.69, 9.17) is 13.7 Å². The minimum Gasteiger partial charge on any atom is -0.458 e. The molecule has 1 spiro atoms. The second-order valence-electron chi connectivity index (χ2n) is 13.5. The standard InChI is InChI=1S/C28H40O10S/c1-13-9-20(36-25(32)16(13)12-29)14(2)17-5-6-18-15-10-23-28(37-23)24(31)21(38-39(33,34)35)11-22(30)27(28,4)19(15)7-8-26(17,18)3/h14-15,17-21,23-24,29,31H,5-12H2,1-4H3,(H,33,34,35)/t14-,15?,17?,18?,19?,20?,21-,23+,24-,26+,27-,28-/m0/s1. The van der Waals surface area contributed by atoms with Crippen LogP contribution < -0.4 is 0 Å². The van der Waals surface area contributed by atoms with Crippen molar-refractivity contribution in [2.75, 3.05) is 6.61 Å². The Kier molecular flexibility index (Phi) is 6.28. The Labute approximate surface area is 229 Å². The van der Waals surface area contributed by atoms with Gasteiger partial charge in [0.1, 0.15) is 29.7 Å². The molecule has 4 saturated carbocycles. The smallest absolute Gasteiger partial charge is 0.397 e. The number of rotatable bonds is 5. The van der Waals surface area contributed by atoms with Crippen molar-refractivity contribution in [3.05, 3.63) is 11.1 Å². The van der Waals surface area contributed by atoms with Crippen molar-refractivity contribution in [1.82, 2.24) is 0 Å². The fourth-order valence-electron chi connectivity index (χ4n) is 10.3. The van der Waals surface area contributed by atoms with Crippen LogP contribution in [0.3, 0.4) is 0 Å². The monoisotopic (exact) mass is 568 g/mol. The third-order valence-electron chi connectivity index (χ3n) is 12.2. The Morgan fingerprint density at radius 2 is 1.85 bits per heavy atom. The first-order valence-corrected chi connectivity index (χ1v) is 15.6. The van der Waals surface area contributed by atoms with Crippen molar-refractivity contribution in [3.8, 4) is 0 Å². The fraction of sp³-hybridized carbons (Fsp3) is 0.857. The van der Waals surface area contributed by atoms with Crippen LogP contribution in [0.15, 0.2) is 11.1 Å². The highest BCUT2D eigenvalue weighted by Gasteiger charge is 2.82. The lowest BCUT2D eigenvalue weighted by Gasteiger charge is -2.59. The molecule has 6 rings (SSSR count). The molecule has 0 aromatic rings. The van der Waals surface area contributed by atoms with Gasteiger partial charge in [0, 0.05) is 12.8 Å². The third kappa shape index (κ3) is 3.72. The summed E-state index contributed by atoms with van der Waals surface area (Å²) in [6.45, 7) is 7.98. The van der Waals surface area contributed by atoms with Gasteiger partial charge in [0.2, 0.25) is 0 Å². The van der Waals surface area contributed by atoms with Crippen molar-refractivity contribution in [2.24, 2.45) is 40.4 Å². The summed E-state index contributed by atoms with van der Waals surface area (Å²) in [5, 5.41) is 20.8. The average Bonchev–Trinajstić information content (AvgIpc) is 3.48. The number of hydrogen-bond acceptors (Lipinski definition) is 9. The molecule has 39 heavy (non-hydrogen) atoms. The van der Waals surface area contributed by atoms with Crippen molar-refractivity contribution in [1.29, 1.82) is 0 Å². The van der Waals surface area contributed by atoms with Gasteiger partial charge in [-0.1, -0.05) is 19.4 Å². The van der Waals surface area contributed by atoms with Crippen LogP contribution in [-0.4, -0.2) is 71.6 Å². The molecule has 0 amide bonds. The lowest BCUT2D eigenvalue weighted by Crippen LogP contribution is -2.68. The summed E-state index contributed by atoms with van der Waals surface area (Å²) in [7, 11) is -4.84. The zero-order valence-corrected chi connectivity index (χ0v) is 23.8. The zero-order valence-electron chi connectivity index (χ0n) is 23.0. The molecule has 0 bridgehead atoms. The quantitative estimate of drug-likeness (QED) is 0.255. The van der Waals surface area contributed by atoms with Crippen LogP contribution in [-0.2, 0) is 33.6 Å².